The highest BCUT2D eigenvalue weighted by Crippen LogP contribution is 2.22. The molecule has 5 heteroatoms. The van der Waals surface area contributed by atoms with Crippen LogP contribution in [0.3, 0.4) is 0 Å². The summed E-state index contributed by atoms with van der Waals surface area (Å²) in [6.45, 7) is 9.28. The SMILES string of the molecule is CC(C)(Oc1ccc(Cl)cc1)C(=O)O[Si](C)(C)C. The van der Waals surface area contributed by atoms with Crippen molar-refractivity contribution in [2.24, 2.45) is 0 Å². The molecule has 0 aliphatic carbocycles. The molecule has 0 spiro atoms. The number of ether oxygens (including phenoxy) is 1. The molecule has 1 aromatic carbocycles. The third-order valence-electron chi connectivity index (χ3n) is 2.08. The Morgan fingerprint density at radius 1 is 1.17 bits per heavy atom. The van der Waals surface area contributed by atoms with E-state index in [4.69, 9.17) is 20.8 Å². The fourth-order valence-corrected chi connectivity index (χ4v) is 2.17. The van der Waals surface area contributed by atoms with Gasteiger partial charge in [0.2, 0.25) is 8.32 Å². The van der Waals surface area contributed by atoms with E-state index >= 15 is 0 Å². The Bertz CT molecular complexity index is 421. The molecular formula is C13H19ClO3Si. The first-order chi connectivity index (χ1) is 8.10. The summed E-state index contributed by atoms with van der Waals surface area (Å²) in [7, 11) is -1.91. The van der Waals surface area contributed by atoms with Crippen LogP contribution in [0.15, 0.2) is 24.3 Å². The molecule has 18 heavy (non-hydrogen) atoms. The zero-order valence-electron chi connectivity index (χ0n) is 11.4. The fraction of sp³-hybridized carbons (Fsp3) is 0.462. The molecular weight excluding hydrogens is 268 g/mol. The monoisotopic (exact) mass is 286 g/mol. The minimum atomic E-state index is -1.91. The van der Waals surface area contributed by atoms with Crippen molar-refractivity contribution in [1.82, 2.24) is 0 Å². The van der Waals surface area contributed by atoms with Crippen LogP contribution < -0.4 is 4.74 Å². The highest BCUT2D eigenvalue weighted by molar-refractivity contribution is 6.71. The number of halogens is 1. The Labute approximate surface area is 114 Å². The number of hydrogen-bond acceptors (Lipinski definition) is 3. The van der Waals surface area contributed by atoms with E-state index in [0.29, 0.717) is 10.8 Å². The normalized spacial score (nSPS) is 12.1. The van der Waals surface area contributed by atoms with E-state index in [-0.39, 0.29) is 5.97 Å². The molecule has 0 saturated carbocycles. The van der Waals surface area contributed by atoms with Crippen molar-refractivity contribution in [1.29, 1.82) is 0 Å². The van der Waals surface area contributed by atoms with E-state index in [1.165, 1.54) is 0 Å². The quantitative estimate of drug-likeness (QED) is 0.788. The first kappa shape index (κ1) is 15.1. The van der Waals surface area contributed by atoms with Crippen LogP contribution in [0.5, 0.6) is 5.75 Å². The molecule has 1 aromatic rings. The molecule has 0 heterocycles. The maximum atomic E-state index is 12.0. The maximum absolute atomic E-state index is 12.0. The Kier molecular flexibility index (Phi) is 4.45. The summed E-state index contributed by atoms with van der Waals surface area (Å²) in [5.74, 6) is 0.258. The first-order valence-electron chi connectivity index (χ1n) is 5.78. The molecule has 0 radical (unpaired) electrons. The lowest BCUT2D eigenvalue weighted by Crippen LogP contribution is -2.44. The van der Waals surface area contributed by atoms with Crippen LogP contribution in [0.4, 0.5) is 0 Å². The van der Waals surface area contributed by atoms with Gasteiger partial charge in [0.1, 0.15) is 5.75 Å². The van der Waals surface area contributed by atoms with E-state index in [1.54, 1.807) is 38.1 Å². The molecule has 0 aliphatic rings. The molecule has 0 saturated heterocycles. The Morgan fingerprint density at radius 2 is 1.67 bits per heavy atom. The van der Waals surface area contributed by atoms with E-state index in [1.807, 2.05) is 19.6 Å². The molecule has 0 aromatic heterocycles. The third kappa shape index (κ3) is 4.70. The molecule has 0 fully saturated rings. The Hall–Kier alpha value is -1.00. The van der Waals surface area contributed by atoms with Crippen molar-refractivity contribution in [3.63, 3.8) is 0 Å². The van der Waals surface area contributed by atoms with Crippen LogP contribution in [0.1, 0.15) is 13.8 Å². The zero-order valence-corrected chi connectivity index (χ0v) is 13.2. The minimum Gasteiger partial charge on any atom is -0.517 e. The minimum absolute atomic E-state index is 0.336. The molecule has 1 rings (SSSR count). The number of benzene rings is 1. The van der Waals surface area contributed by atoms with Crippen molar-refractivity contribution < 1.29 is 14.0 Å². The van der Waals surface area contributed by atoms with Gasteiger partial charge >= 0.3 is 5.97 Å². The smallest absolute Gasteiger partial charge is 0.336 e. The van der Waals surface area contributed by atoms with Crippen LogP contribution >= 0.6 is 11.6 Å². The van der Waals surface area contributed by atoms with Crippen LogP contribution in [0, 0.1) is 0 Å². The highest BCUT2D eigenvalue weighted by atomic mass is 35.5. The lowest BCUT2D eigenvalue weighted by atomic mass is 10.1. The average molecular weight is 287 g/mol. The summed E-state index contributed by atoms with van der Waals surface area (Å²) in [4.78, 5) is 12.0. The number of carbonyl (C=O) groups excluding carboxylic acids is 1. The van der Waals surface area contributed by atoms with Gasteiger partial charge in [0.15, 0.2) is 5.60 Å². The van der Waals surface area contributed by atoms with Gasteiger partial charge in [-0.3, -0.25) is 0 Å². The zero-order chi connectivity index (χ0) is 14.0. The van der Waals surface area contributed by atoms with Crippen molar-refractivity contribution >= 4 is 25.9 Å². The largest absolute Gasteiger partial charge is 0.517 e. The molecule has 100 valence electrons. The van der Waals surface area contributed by atoms with Gasteiger partial charge in [-0.1, -0.05) is 11.6 Å². The first-order valence-corrected chi connectivity index (χ1v) is 9.57. The van der Waals surface area contributed by atoms with Crippen molar-refractivity contribution in [3.8, 4) is 5.75 Å². The number of rotatable bonds is 4. The van der Waals surface area contributed by atoms with Crippen LogP contribution in [-0.2, 0) is 9.22 Å². The summed E-state index contributed by atoms with van der Waals surface area (Å²) in [6.07, 6.45) is 0. The molecule has 0 unspecified atom stereocenters. The summed E-state index contributed by atoms with van der Waals surface area (Å²) in [5.41, 5.74) is -1.01. The van der Waals surface area contributed by atoms with Gasteiger partial charge in [-0.15, -0.1) is 0 Å². The average Bonchev–Trinajstić information content (AvgIpc) is 2.18. The highest BCUT2D eigenvalue weighted by Gasteiger charge is 2.35. The van der Waals surface area contributed by atoms with Gasteiger partial charge in [0, 0.05) is 5.02 Å². The predicted molar refractivity (Wildman–Crippen MR) is 75.6 cm³/mol. The standard InChI is InChI=1S/C13H19ClO3Si/c1-13(2,12(15)17-18(3,4)5)16-11-8-6-10(14)7-9-11/h6-9H,1-5H3. The van der Waals surface area contributed by atoms with Gasteiger partial charge in [-0.05, 0) is 57.8 Å². The fourth-order valence-electron chi connectivity index (χ4n) is 1.24. The molecule has 0 aliphatic heterocycles. The lowest BCUT2D eigenvalue weighted by Gasteiger charge is -2.28. The van der Waals surface area contributed by atoms with Crippen molar-refractivity contribution in [2.45, 2.75) is 39.1 Å². The maximum Gasteiger partial charge on any atom is 0.336 e. The van der Waals surface area contributed by atoms with Gasteiger partial charge < -0.3 is 9.16 Å². The van der Waals surface area contributed by atoms with Gasteiger partial charge in [0.25, 0.3) is 0 Å². The van der Waals surface area contributed by atoms with Crippen molar-refractivity contribution in [3.05, 3.63) is 29.3 Å². The van der Waals surface area contributed by atoms with E-state index < -0.39 is 13.9 Å². The van der Waals surface area contributed by atoms with Crippen LogP contribution in [-0.4, -0.2) is 19.9 Å². The second-order valence-electron chi connectivity index (χ2n) is 5.57. The second kappa shape index (κ2) is 5.32. The van der Waals surface area contributed by atoms with Crippen molar-refractivity contribution in [2.75, 3.05) is 0 Å². The molecule has 0 amide bonds. The second-order valence-corrected chi connectivity index (χ2v) is 10.4. The molecule has 0 N–H and O–H groups in total. The molecule has 3 nitrogen and oxygen atoms in total. The Morgan fingerprint density at radius 3 is 2.11 bits per heavy atom. The summed E-state index contributed by atoms with van der Waals surface area (Å²) in [6, 6.07) is 6.89. The predicted octanol–water partition coefficient (Wildman–Crippen LogP) is 3.88. The van der Waals surface area contributed by atoms with E-state index in [9.17, 15) is 4.79 Å². The van der Waals surface area contributed by atoms with Gasteiger partial charge in [-0.25, -0.2) is 4.79 Å². The third-order valence-corrected chi connectivity index (χ3v) is 3.13. The van der Waals surface area contributed by atoms with Gasteiger partial charge in [0.05, 0.1) is 0 Å². The number of carbonyl (C=O) groups is 1. The van der Waals surface area contributed by atoms with Gasteiger partial charge in [-0.2, -0.15) is 0 Å². The van der Waals surface area contributed by atoms with Crippen LogP contribution in [0.2, 0.25) is 24.7 Å². The molecule has 0 atom stereocenters. The lowest BCUT2D eigenvalue weighted by molar-refractivity contribution is -0.150. The van der Waals surface area contributed by atoms with E-state index in [2.05, 4.69) is 0 Å². The van der Waals surface area contributed by atoms with E-state index in [0.717, 1.165) is 0 Å². The topological polar surface area (TPSA) is 35.5 Å². The van der Waals surface area contributed by atoms with Crippen LogP contribution in [0.25, 0.3) is 0 Å². The molecule has 0 bridgehead atoms. The summed E-state index contributed by atoms with van der Waals surface area (Å²) < 4.78 is 11.1. The summed E-state index contributed by atoms with van der Waals surface area (Å²) >= 11 is 5.79. The summed E-state index contributed by atoms with van der Waals surface area (Å²) in [5, 5.41) is 0.629. The Balaban J connectivity index is 2.75. The number of hydrogen-bond donors (Lipinski definition) is 0.